The minimum absolute atomic E-state index is 0.0934. The number of aryl methyl sites for hydroxylation is 1. The SMILES string of the molecule is Cc1cccc2nc(NC(=O)c3cc(Cl)nc(OC(F)(F)F)c3)n(C3CCCCN(C(=O)C=CCN(C)C)C3)c12. The Morgan fingerprint density at radius 1 is 1.23 bits per heavy atom. The number of hydrogen-bond donors (Lipinski definition) is 1. The van der Waals surface area contributed by atoms with Gasteiger partial charge in [-0.25, -0.2) is 9.97 Å². The number of ether oxygens (including phenoxy) is 1. The molecule has 1 unspecified atom stereocenters. The number of anilines is 1. The van der Waals surface area contributed by atoms with Crippen LogP contribution in [0.2, 0.25) is 5.15 Å². The summed E-state index contributed by atoms with van der Waals surface area (Å²) in [5.41, 5.74) is 2.18. The molecule has 1 atom stereocenters. The molecule has 0 radical (unpaired) electrons. The van der Waals surface area contributed by atoms with Crippen LogP contribution in [-0.4, -0.2) is 76.2 Å². The molecule has 4 rings (SSSR count). The Kier molecular flexibility index (Phi) is 8.99. The number of benzene rings is 1. The van der Waals surface area contributed by atoms with Crippen molar-refractivity contribution in [1.29, 1.82) is 0 Å². The first-order valence-corrected chi connectivity index (χ1v) is 13.1. The lowest BCUT2D eigenvalue weighted by atomic mass is 10.1. The summed E-state index contributed by atoms with van der Waals surface area (Å²) in [7, 11) is 3.84. The van der Waals surface area contributed by atoms with Crippen LogP contribution in [0.25, 0.3) is 11.0 Å². The van der Waals surface area contributed by atoms with Gasteiger partial charge in [-0.15, -0.1) is 13.2 Å². The van der Waals surface area contributed by atoms with Gasteiger partial charge in [0.15, 0.2) is 0 Å². The number of likely N-dealkylation sites (N-methyl/N-ethyl adjacent to an activating group) is 1. The minimum Gasteiger partial charge on any atom is -0.388 e. The van der Waals surface area contributed by atoms with Crippen molar-refractivity contribution in [2.24, 2.45) is 0 Å². The molecule has 9 nitrogen and oxygen atoms in total. The Morgan fingerprint density at radius 2 is 2.00 bits per heavy atom. The van der Waals surface area contributed by atoms with E-state index in [9.17, 15) is 22.8 Å². The van der Waals surface area contributed by atoms with Crippen molar-refractivity contribution in [2.45, 2.75) is 38.6 Å². The van der Waals surface area contributed by atoms with E-state index in [1.165, 1.54) is 0 Å². The second-order valence-electron chi connectivity index (χ2n) is 9.87. The number of pyridine rings is 1. The van der Waals surface area contributed by atoms with Gasteiger partial charge in [0.2, 0.25) is 17.7 Å². The van der Waals surface area contributed by atoms with Gasteiger partial charge >= 0.3 is 6.36 Å². The zero-order valence-corrected chi connectivity index (χ0v) is 23.1. The van der Waals surface area contributed by atoms with E-state index in [0.29, 0.717) is 25.2 Å². The van der Waals surface area contributed by atoms with Gasteiger partial charge in [-0.2, -0.15) is 0 Å². The van der Waals surface area contributed by atoms with Gasteiger partial charge in [0, 0.05) is 37.3 Å². The third kappa shape index (κ3) is 7.30. The molecule has 1 fully saturated rings. The topological polar surface area (TPSA) is 92.6 Å². The third-order valence-electron chi connectivity index (χ3n) is 6.44. The molecular formula is C27H30ClF3N6O3. The number of carbonyl (C=O) groups excluding carboxylic acids is 2. The molecule has 3 aromatic rings. The Morgan fingerprint density at radius 3 is 2.73 bits per heavy atom. The molecule has 0 saturated carbocycles. The Bertz CT molecular complexity index is 1420. The van der Waals surface area contributed by atoms with Crippen LogP contribution in [0.15, 0.2) is 42.5 Å². The van der Waals surface area contributed by atoms with Crippen LogP contribution in [0.3, 0.4) is 0 Å². The number of nitrogens with zero attached hydrogens (tertiary/aromatic N) is 5. The van der Waals surface area contributed by atoms with Gasteiger partial charge in [-0.3, -0.25) is 14.9 Å². The largest absolute Gasteiger partial charge is 0.574 e. The van der Waals surface area contributed by atoms with Crippen LogP contribution in [-0.2, 0) is 4.79 Å². The molecule has 0 aliphatic carbocycles. The highest BCUT2D eigenvalue weighted by Gasteiger charge is 2.32. The quantitative estimate of drug-likeness (QED) is 0.305. The summed E-state index contributed by atoms with van der Waals surface area (Å²) in [6, 6.07) is 7.39. The van der Waals surface area contributed by atoms with Crippen LogP contribution >= 0.6 is 11.6 Å². The first-order valence-electron chi connectivity index (χ1n) is 12.7. The molecule has 3 heterocycles. The van der Waals surface area contributed by atoms with E-state index in [-0.39, 0.29) is 28.6 Å². The summed E-state index contributed by atoms with van der Waals surface area (Å²) >= 11 is 5.88. The van der Waals surface area contributed by atoms with Crippen LogP contribution in [0.4, 0.5) is 19.1 Å². The summed E-state index contributed by atoms with van der Waals surface area (Å²) in [6.45, 7) is 3.57. The summed E-state index contributed by atoms with van der Waals surface area (Å²) < 4.78 is 44.0. The van der Waals surface area contributed by atoms with Crippen molar-refractivity contribution in [1.82, 2.24) is 24.3 Å². The first kappa shape index (κ1) is 29.3. The number of para-hydroxylation sites is 1. The normalized spacial score (nSPS) is 16.5. The van der Waals surface area contributed by atoms with Gasteiger partial charge in [0.25, 0.3) is 5.91 Å². The van der Waals surface area contributed by atoms with E-state index < -0.39 is 18.1 Å². The zero-order chi connectivity index (χ0) is 29.0. The molecule has 1 N–H and O–H groups in total. The van der Waals surface area contributed by atoms with E-state index in [0.717, 1.165) is 42.5 Å². The third-order valence-corrected chi connectivity index (χ3v) is 6.64. The molecule has 1 aromatic carbocycles. The lowest BCUT2D eigenvalue weighted by Crippen LogP contribution is -2.35. The Labute approximate surface area is 234 Å². The highest BCUT2D eigenvalue weighted by atomic mass is 35.5. The standard InChI is InChI=1S/C27H30ClF3N6O3/c1-17-8-6-10-20-24(17)37(19-9-4-5-13-36(16-19)23(38)11-7-12-35(2)3)26(32-20)34-25(39)18-14-21(28)33-22(15-18)40-27(29,30)31/h6-8,10-11,14-15,19H,4-5,9,12-13,16H2,1-3H3,(H,32,34,39). The predicted molar refractivity (Wildman–Crippen MR) is 146 cm³/mol. The fourth-order valence-electron chi connectivity index (χ4n) is 4.71. The number of rotatable bonds is 7. The van der Waals surface area contributed by atoms with Gasteiger partial charge < -0.3 is 19.1 Å². The van der Waals surface area contributed by atoms with Crippen molar-refractivity contribution in [2.75, 3.05) is 39.0 Å². The first-order chi connectivity index (χ1) is 18.9. The van der Waals surface area contributed by atoms with Crippen LogP contribution in [0.5, 0.6) is 5.88 Å². The highest BCUT2D eigenvalue weighted by Crippen LogP contribution is 2.32. The number of amides is 2. The summed E-state index contributed by atoms with van der Waals surface area (Å²) in [5, 5.41) is 2.40. The molecule has 1 aliphatic rings. The van der Waals surface area contributed by atoms with Crippen molar-refractivity contribution >= 4 is 40.4 Å². The highest BCUT2D eigenvalue weighted by molar-refractivity contribution is 6.30. The molecule has 2 aromatic heterocycles. The summed E-state index contributed by atoms with van der Waals surface area (Å²) in [6.07, 6.45) is 0.818. The second-order valence-corrected chi connectivity index (χ2v) is 10.3. The van der Waals surface area contributed by atoms with Gasteiger partial charge in [-0.05, 0) is 58.0 Å². The predicted octanol–water partition coefficient (Wildman–Crippen LogP) is 5.22. The summed E-state index contributed by atoms with van der Waals surface area (Å²) in [5.74, 6) is -1.47. The van der Waals surface area contributed by atoms with E-state index >= 15 is 0 Å². The second kappa shape index (κ2) is 12.3. The molecule has 1 saturated heterocycles. The van der Waals surface area contributed by atoms with Gasteiger partial charge in [0.1, 0.15) is 5.15 Å². The molecule has 13 heteroatoms. The monoisotopic (exact) mass is 578 g/mol. The number of halogens is 4. The van der Waals surface area contributed by atoms with E-state index in [2.05, 4.69) is 20.0 Å². The maximum atomic E-state index is 13.2. The Hall–Kier alpha value is -3.64. The van der Waals surface area contributed by atoms with Crippen molar-refractivity contribution in [3.8, 4) is 5.88 Å². The van der Waals surface area contributed by atoms with Crippen LogP contribution < -0.4 is 10.1 Å². The fourth-order valence-corrected chi connectivity index (χ4v) is 4.91. The molecule has 1 aliphatic heterocycles. The molecule has 2 amide bonds. The molecule has 0 bridgehead atoms. The number of likely N-dealkylation sites (tertiary alicyclic amines) is 1. The van der Waals surface area contributed by atoms with Crippen molar-refractivity contribution < 1.29 is 27.5 Å². The zero-order valence-electron chi connectivity index (χ0n) is 22.3. The number of carbonyl (C=O) groups is 2. The molecule has 214 valence electrons. The average Bonchev–Trinajstić information content (AvgIpc) is 3.04. The van der Waals surface area contributed by atoms with Crippen LogP contribution in [0, 0.1) is 6.92 Å². The molecular weight excluding hydrogens is 549 g/mol. The van der Waals surface area contributed by atoms with Crippen molar-refractivity contribution in [3.63, 3.8) is 0 Å². The number of aromatic nitrogens is 3. The number of imidazole rings is 1. The lowest BCUT2D eigenvalue weighted by Gasteiger charge is -2.26. The molecule has 0 spiro atoms. The van der Waals surface area contributed by atoms with Crippen LogP contribution in [0.1, 0.15) is 41.2 Å². The average molecular weight is 579 g/mol. The van der Waals surface area contributed by atoms with E-state index in [1.54, 1.807) is 11.0 Å². The maximum absolute atomic E-state index is 13.2. The number of nitrogens with one attached hydrogen (secondary N) is 1. The smallest absolute Gasteiger partial charge is 0.388 e. The number of fused-ring (bicyclic) bond motifs is 1. The van der Waals surface area contributed by atoms with E-state index in [4.69, 9.17) is 11.6 Å². The lowest BCUT2D eigenvalue weighted by molar-refractivity contribution is -0.276. The molecule has 40 heavy (non-hydrogen) atoms. The number of alkyl halides is 3. The maximum Gasteiger partial charge on any atom is 0.574 e. The minimum atomic E-state index is -5.00. The van der Waals surface area contributed by atoms with Gasteiger partial charge in [-0.1, -0.05) is 29.8 Å². The van der Waals surface area contributed by atoms with E-state index in [1.807, 2.05) is 54.8 Å². The van der Waals surface area contributed by atoms with Gasteiger partial charge in [0.05, 0.1) is 17.1 Å². The fraction of sp³-hybridized carbons (Fsp3) is 0.407. The summed E-state index contributed by atoms with van der Waals surface area (Å²) in [4.78, 5) is 38.1. The Balaban J connectivity index is 1.67. The number of hydrogen-bond acceptors (Lipinski definition) is 6. The van der Waals surface area contributed by atoms with Crippen molar-refractivity contribution in [3.05, 3.63) is 58.8 Å².